The van der Waals surface area contributed by atoms with Crippen molar-refractivity contribution < 1.29 is 14.3 Å². The lowest BCUT2D eigenvalue weighted by Crippen LogP contribution is -2.57. The molecular formula is C22H32N6O3. The van der Waals surface area contributed by atoms with Crippen LogP contribution in [0.1, 0.15) is 33.2 Å². The van der Waals surface area contributed by atoms with Gasteiger partial charge in [0.1, 0.15) is 6.04 Å². The zero-order valence-electron chi connectivity index (χ0n) is 18.4. The van der Waals surface area contributed by atoms with Crippen molar-refractivity contribution >= 4 is 23.3 Å². The normalized spacial score (nSPS) is 17.4. The number of nitrogens with zero attached hydrogens (tertiary/aromatic N) is 3. The molecule has 1 fully saturated rings. The summed E-state index contributed by atoms with van der Waals surface area (Å²) < 4.78 is 7.03. The number of aromatic nitrogens is 2. The standard InChI is InChI=1S/C22H32N6O3/c1-4-22(3,27-11-13-31-14-12-27)16-23-21(30)26-19-8-5-7-18(15-19)25-20(29)17(2)28-10-6-9-24-28/h5-10,15,17H,4,11-14,16H2,1-3H3,(H,25,29)(H2,23,26,30)/t17-,22+/m1/s1. The fourth-order valence-corrected chi connectivity index (χ4v) is 3.56. The Morgan fingerprint density at radius 2 is 1.90 bits per heavy atom. The first kappa shape index (κ1) is 22.8. The number of carbonyl (C=O) groups is 2. The molecule has 0 radical (unpaired) electrons. The van der Waals surface area contributed by atoms with Gasteiger partial charge in [-0.15, -0.1) is 0 Å². The summed E-state index contributed by atoms with van der Waals surface area (Å²) in [5.41, 5.74) is 1.08. The largest absolute Gasteiger partial charge is 0.379 e. The minimum absolute atomic E-state index is 0.125. The van der Waals surface area contributed by atoms with E-state index >= 15 is 0 Å². The number of anilines is 2. The number of nitrogens with one attached hydrogen (secondary N) is 3. The van der Waals surface area contributed by atoms with Crippen molar-refractivity contribution in [2.24, 2.45) is 0 Å². The fourth-order valence-electron chi connectivity index (χ4n) is 3.56. The van der Waals surface area contributed by atoms with Gasteiger partial charge in [-0.2, -0.15) is 5.10 Å². The van der Waals surface area contributed by atoms with Crippen LogP contribution in [0.3, 0.4) is 0 Å². The Balaban J connectivity index is 1.53. The second kappa shape index (κ2) is 10.4. The first-order valence-electron chi connectivity index (χ1n) is 10.7. The maximum Gasteiger partial charge on any atom is 0.319 e. The van der Waals surface area contributed by atoms with Crippen molar-refractivity contribution in [1.82, 2.24) is 20.0 Å². The molecule has 9 heteroatoms. The van der Waals surface area contributed by atoms with Crippen LogP contribution >= 0.6 is 0 Å². The van der Waals surface area contributed by atoms with Gasteiger partial charge in [-0.05, 0) is 44.5 Å². The molecule has 1 aromatic carbocycles. The van der Waals surface area contributed by atoms with Crippen LogP contribution in [0.15, 0.2) is 42.7 Å². The molecule has 0 unspecified atom stereocenters. The van der Waals surface area contributed by atoms with E-state index in [-0.39, 0.29) is 17.5 Å². The van der Waals surface area contributed by atoms with Gasteiger partial charge in [0.15, 0.2) is 0 Å². The van der Waals surface area contributed by atoms with Crippen molar-refractivity contribution in [3.63, 3.8) is 0 Å². The zero-order valence-corrected chi connectivity index (χ0v) is 18.4. The van der Waals surface area contributed by atoms with Gasteiger partial charge in [0.25, 0.3) is 0 Å². The van der Waals surface area contributed by atoms with Crippen LogP contribution in [0.4, 0.5) is 16.2 Å². The molecule has 3 N–H and O–H groups in total. The van der Waals surface area contributed by atoms with E-state index in [0.29, 0.717) is 17.9 Å². The lowest BCUT2D eigenvalue weighted by Gasteiger charge is -2.43. The topological polar surface area (TPSA) is 101 Å². The molecule has 0 aliphatic carbocycles. The molecule has 2 heterocycles. The van der Waals surface area contributed by atoms with Gasteiger partial charge in [-0.1, -0.05) is 13.0 Å². The Morgan fingerprint density at radius 1 is 1.19 bits per heavy atom. The van der Waals surface area contributed by atoms with Crippen molar-refractivity contribution in [2.45, 2.75) is 38.8 Å². The second-order valence-electron chi connectivity index (χ2n) is 7.99. The number of benzene rings is 1. The number of rotatable bonds is 8. The molecule has 1 aromatic heterocycles. The highest BCUT2D eigenvalue weighted by Gasteiger charge is 2.31. The summed E-state index contributed by atoms with van der Waals surface area (Å²) in [6, 6.07) is 8.14. The molecule has 1 aliphatic rings. The summed E-state index contributed by atoms with van der Waals surface area (Å²) >= 11 is 0. The Morgan fingerprint density at radius 3 is 2.55 bits per heavy atom. The maximum atomic E-state index is 12.5. The van der Waals surface area contributed by atoms with E-state index in [4.69, 9.17) is 4.74 Å². The molecular weight excluding hydrogens is 396 g/mol. The number of ether oxygens (including phenoxy) is 1. The number of urea groups is 1. The van der Waals surface area contributed by atoms with Gasteiger partial charge >= 0.3 is 6.03 Å². The van der Waals surface area contributed by atoms with Crippen LogP contribution in [-0.4, -0.2) is 65.0 Å². The smallest absolute Gasteiger partial charge is 0.319 e. The number of hydrogen-bond donors (Lipinski definition) is 3. The predicted octanol–water partition coefficient (Wildman–Crippen LogP) is 2.71. The average Bonchev–Trinajstić information content (AvgIpc) is 3.33. The Labute approximate surface area is 183 Å². The highest BCUT2D eigenvalue weighted by molar-refractivity contribution is 5.95. The molecule has 2 atom stereocenters. The Bertz CT molecular complexity index is 866. The van der Waals surface area contributed by atoms with E-state index in [9.17, 15) is 9.59 Å². The highest BCUT2D eigenvalue weighted by Crippen LogP contribution is 2.20. The summed E-state index contributed by atoms with van der Waals surface area (Å²) in [6.07, 6.45) is 4.30. The SMILES string of the molecule is CC[C@@](C)(CNC(=O)Nc1cccc(NC(=O)[C@@H](C)n2cccn2)c1)N1CCOCC1. The molecule has 9 nitrogen and oxygen atoms in total. The van der Waals surface area contributed by atoms with Crippen molar-refractivity contribution in [2.75, 3.05) is 43.5 Å². The first-order valence-corrected chi connectivity index (χ1v) is 10.7. The second-order valence-corrected chi connectivity index (χ2v) is 7.99. The molecule has 2 aromatic rings. The molecule has 1 aliphatic heterocycles. The van der Waals surface area contributed by atoms with Crippen LogP contribution in [0.2, 0.25) is 0 Å². The highest BCUT2D eigenvalue weighted by atomic mass is 16.5. The van der Waals surface area contributed by atoms with E-state index in [2.05, 4.69) is 39.8 Å². The summed E-state index contributed by atoms with van der Waals surface area (Å²) in [6.45, 7) is 9.78. The van der Waals surface area contributed by atoms with Crippen molar-refractivity contribution in [1.29, 1.82) is 0 Å². The van der Waals surface area contributed by atoms with Gasteiger partial charge in [0, 0.05) is 48.9 Å². The van der Waals surface area contributed by atoms with E-state index in [1.807, 2.05) is 0 Å². The van der Waals surface area contributed by atoms with Gasteiger partial charge in [-0.3, -0.25) is 14.4 Å². The molecule has 1 saturated heterocycles. The molecule has 3 amide bonds. The van der Waals surface area contributed by atoms with Gasteiger partial charge in [0.2, 0.25) is 5.91 Å². The molecule has 0 saturated carbocycles. The van der Waals surface area contributed by atoms with E-state index in [1.165, 1.54) is 0 Å². The number of amides is 3. The lowest BCUT2D eigenvalue weighted by atomic mass is 9.95. The molecule has 3 rings (SSSR count). The van der Waals surface area contributed by atoms with Gasteiger partial charge < -0.3 is 20.7 Å². The van der Waals surface area contributed by atoms with Gasteiger partial charge in [-0.25, -0.2) is 4.79 Å². The molecule has 31 heavy (non-hydrogen) atoms. The van der Waals surface area contributed by atoms with E-state index in [0.717, 1.165) is 32.7 Å². The quantitative estimate of drug-likeness (QED) is 0.600. The summed E-state index contributed by atoms with van der Waals surface area (Å²) in [5.74, 6) is -0.186. The average molecular weight is 429 g/mol. The van der Waals surface area contributed by atoms with Crippen LogP contribution < -0.4 is 16.0 Å². The van der Waals surface area contributed by atoms with E-state index < -0.39 is 6.04 Å². The van der Waals surface area contributed by atoms with Crippen LogP contribution in [0, 0.1) is 0 Å². The van der Waals surface area contributed by atoms with E-state index in [1.54, 1.807) is 54.3 Å². The monoisotopic (exact) mass is 428 g/mol. The van der Waals surface area contributed by atoms with Crippen LogP contribution in [0.5, 0.6) is 0 Å². The third-order valence-electron chi connectivity index (χ3n) is 5.86. The zero-order chi connectivity index (χ0) is 22.3. The minimum Gasteiger partial charge on any atom is -0.379 e. The first-order chi connectivity index (χ1) is 14.9. The van der Waals surface area contributed by atoms with Gasteiger partial charge in [0.05, 0.1) is 13.2 Å². The van der Waals surface area contributed by atoms with Crippen molar-refractivity contribution in [3.05, 3.63) is 42.7 Å². The number of hydrogen-bond acceptors (Lipinski definition) is 5. The third kappa shape index (κ3) is 6.05. The Kier molecular flexibility index (Phi) is 7.64. The lowest BCUT2D eigenvalue weighted by molar-refractivity contribution is -0.119. The third-order valence-corrected chi connectivity index (χ3v) is 5.86. The van der Waals surface area contributed by atoms with Crippen LogP contribution in [-0.2, 0) is 9.53 Å². The summed E-state index contributed by atoms with van der Waals surface area (Å²) in [4.78, 5) is 27.3. The molecule has 0 spiro atoms. The minimum atomic E-state index is -0.443. The predicted molar refractivity (Wildman–Crippen MR) is 120 cm³/mol. The number of carbonyl (C=O) groups excluding carboxylic acids is 2. The Hall–Kier alpha value is -2.91. The molecule has 0 bridgehead atoms. The maximum absolute atomic E-state index is 12.5. The number of morpholine rings is 1. The van der Waals surface area contributed by atoms with Crippen molar-refractivity contribution in [3.8, 4) is 0 Å². The summed E-state index contributed by atoms with van der Waals surface area (Å²) in [5, 5.41) is 12.8. The fraction of sp³-hybridized carbons (Fsp3) is 0.500. The molecule has 168 valence electrons. The summed E-state index contributed by atoms with van der Waals surface area (Å²) in [7, 11) is 0. The van der Waals surface area contributed by atoms with Crippen LogP contribution in [0.25, 0.3) is 0 Å².